The Bertz CT molecular complexity index is 329. The van der Waals surface area contributed by atoms with Crippen molar-refractivity contribution >= 4 is 0 Å². The minimum atomic E-state index is 0.202. The minimum absolute atomic E-state index is 0.202. The van der Waals surface area contributed by atoms with Gasteiger partial charge in [0, 0.05) is 24.8 Å². The average molecular weight is 249 g/mol. The van der Waals surface area contributed by atoms with Crippen molar-refractivity contribution in [3.05, 3.63) is 30.1 Å². The highest BCUT2D eigenvalue weighted by Gasteiger charge is 2.12. The zero-order valence-corrected chi connectivity index (χ0v) is 12.4. The molecule has 0 aliphatic heterocycles. The molecule has 0 aliphatic carbocycles. The smallest absolute Gasteiger partial charge is 0.0543 e. The van der Waals surface area contributed by atoms with Crippen LogP contribution in [0.2, 0.25) is 0 Å². The predicted octanol–water partition coefficient (Wildman–Crippen LogP) is 2.54. The highest BCUT2D eigenvalue weighted by Crippen LogP contribution is 2.05. The van der Waals surface area contributed by atoms with E-state index in [0.29, 0.717) is 5.92 Å². The summed E-state index contributed by atoms with van der Waals surface area (Å²) < 4.78 is 0. The van der Waals surface area contributed by atoms with Gasteiger partial charge in [0.25, 0.3) is 0 Å². The van der Waals surface area contributed by atoms with Crippen LogP contribution in [0.5, 0.6) is 0 Å². The Morgan fingerprint density at radius 3 is 2.61 bits per heavy atom. The quantitative estimate of drug-likeness (QED) is 0.840. The van der Waals surface area contributed by atoms with E-state index in [1.54, 1.807) is 0 Å². The van der Waals surface area contributed by atoms with Crippen LogP contribution in [-0.4, -0.2) is 35.6 Å². The number of pyridine rings is 1. The Morgan fingerprint density at radius 1 is 1.33 bits per heavy atom. The maximum Gasteiger partial charge on any atom is 0.0543 e. The Hall–Kier alpha value is -0.930. The first-order chi connectivity index (χ1) is 8.37. The first-order valence-electron chi connectivity index (χ1n) is 6.70. The Kier molecular flexibility index (Phi) is 5.76. The number of hydrogen-bond acceptors (Lipinski definition) is 3. The Labute approximate surface area is 112 Å². The highest BCUT2D eigenvalue weighted by atomic mass is 15.1. The Morgan fingerprint density at radius 2 is 2.06 bits per heavy atom. The summed E-state index contributed by atoms with van der Waals surface area (Å²) in [6.07, 6.45) is 1.85. The molecule has 1 N–H and O–H groups in total. The third-order valence-electron chi connectivity index (χ3n) is 2.76. The fraction of sp³-hybridized carbons (Fsp3) is 0.667. The molecule has 1 rings (SSSR count). The molecule has 0 bridgehead atoms. The van der Waals surface area contributed by atoms with Crippen LogP contribution in [0, 0.1) is 5.92 Å². The van der Waals surface area contributed by atoms with Gasteiger partial charge in [0.2, 0.25) is 0 Å². The first-order valence-corrected chi connectivity index (χ1v) is 6.70. The number of aromatic nitrogens is 1. The van der Waals surface area contributed by atoms with Crippen LogP contribution >= 0.6 is 0 Å². The zero-order chi connectivity index (χ0) is 13.6. The van der Waals surface area contributed by atoms with Gasteiger partial charge in [-0.3, -0.25) is 4.98 Å². The lowest BCUT2D eigenvalue weighted by Gasteiger charge is -2.26. The second-order valence-electron chi connectivity index (χ2n) is 6.25. The summed E-state index contributed by atoms with van der Waals surface area (Å²) in [6, 6.07) is 6.08. The van der Waals surface area contributed by atoms with Crippen LogP contribution in [0.4, 0.5) is 0 Å². The van der Waals surface area contributed by atoms with Crippen LogP contribution in [-0.2, 0) is 6.54 Å². The molecule has 18 heavy (non-hydrogen) atoms. The van der Waals surface area contributed by atoms with E-state index in [-0.39, 0.29) is 5.54 Å². The lowest BCUT2D eigenvalue weighted by molar-refractivity contribution is 0.259. The van der Waals surface area contributed by atoms with E-state index < -0.39 is 0 Å². The highest BCUT2D eigenvalue weighted by molar-refractivity contribution is 5.03. The van der Waals surface area contributed by atoms with Crippen molar-refractivity contribution in [1.82, 2.24) is 15.2 Å². The average Bonchev–Trinajstić information content (AvgIpc) is 2.26. The summed E-state index contributed by atoms with van der Waals surface area (Å²) in [4.78, 5) is 6.68. The molecule has 3 heteroatoms. The molecule has 3 nitrogen and oxygen atoms in total. The van der Waals surface area contributed by atoms with Crippen LogP contribution in [0.3, 0.4) is 0 Å². The van der Waals surface area contributed by atoms with Gasteiger partial charge in [-0.05, 0) is 52.4 Å². The lowest BCUT2D eigenvalue weighted by atomic mass is 10.1. The fourth-order valence-corrected chi connectivity index (χ4v) is 1.91. The van der Waals surface area contributed by atoms with Crippen LogP contribution in [0.15, 0.2) is 24.4 Å². The van der Waals surface area contributed by atoms with Crippen molar-refractivity contribution < 1.29 is 0 Å². The van der Waals surface area contributed by atoms with E-state index in [2.05, 4.69) is 56.0 Å². The minimum Gasteiger partial charge on any atom is -0.312 e. The van der Waals surface area contributed by atoms with Crippen molar-refractivity contribution in [3.8, 4) is 0 Å². The third kappa shape index (κ3) is 6.72. The monoisotopic (exact) mass is 249 g/mol. The molecule has 0 saturated heterocycles. The van der Waals surface area contributed by atoms with E-state index in [1.807, 2.05) is 18.3 Å². The molecule has 0 fully saturated rings. The standard InChI is InChI=1S/C15H27N3/c1-13(10-17-15(2,3)4)11-18(5)12-14-8-6-7-9-16-14/h6-9,13,17H,10-12H2,1-5H3. The maximum atomic E-state index is 4.35. The molecule has 1 atom stereocenters. The Balaban J connectivity index is 2.29. The van der Waals surface area contributed by atoms with Crippen LogP contribution < -0.4 is 5.32 Å². The number of nitrogens with one attached hydrogen (secondary N) is 1. The summed E-state index contributed by atoms with van der Waals surface area (Å²) in [5.41, 5.74) is 1.34. The van der Waals surface area contributed by atoms with Crippen molar-refractivity contribution in [2.45, 2.75) is 39.8 Å². The molecule has 0 aliphatic rings. The molecule has 0 saturated carbocycles. The van der Waals surface area contributed by atoms with Gasteiger partial charge in [0.05, 0.1) is 5.69 Å². The molecular weight excluding hydrogens is 222 g/mol. The lowest BCUT2D eigenvalue weighted by Crippen LogP contribution is -2.40. The van der Waals surface area contributed by atoms with E-state index in [4.69, 9.17) is 0 Å². The SMILES string of the molecule is CC(CNC(C)(C)C)CN(C)Cc1ccccn1. The summed E-state index contributed by atoms with van der Waals surface area (Å²) in [7, 11) is 2.16. The normalized spacial score (nSPS) is 13.9. The summed E-state index contributed by atoms with van der Waals surface area (Å²) in [5, 5.41) is 3.55. The van der Waals surface area contributed by atoms with Gasteiger partial charge >= 0.3 is 0 Å². The van der Waals surface area contributed by atoms with E-state index >= 15 is 0 Å². The van der Waals surface area contributed by atoms with E-state index in [1.165, 1.54) is 0 Å². The van der Waals surface area contributed by atoms with Gasteiger partial charge in [-0.15, -0.1) is 0 Å². The van der Waals surface area contributed by atoms with Gasteiger partial charge in [-0.2, -0.15) is 0 Å². The van der Waals surface area contributed by atoms with Crippen molar-refractivity contribution in [1.29, 1.82) is 0 Å². The molecule has 1 heterocycles. The van der Waals surface area contributed by atoms with Crippen molar-refractivity contribution in [2.24, 2.45) is 5.92 Å². The number of nitrogens with zero attached hydrogens (tertiary/aromatic N) is 2. The fourth-order valence-electron chi connectivity index (χ4n) is 1.91. The number of rotatable bonds is 6. The second kappa shape index (κ2) is 6.86. The molecule has 0 aromatic carbocycles. The topological polar surface area (TPSA) is 28.2 Å². The third-order valence-corrected chi connectivity index (χ3v) is 2.76. The molecule has 0 spiro atoms. The first kappa shape index (κ1) is 15.1. The van der Waals surface area contributed by atoms with Gasteiger partial charge in [0.15, 0.2) is 0 Å². The molecule has 0 amide bonds. The molecule has 102 valence electrons. The summed E-state index contributed by atoms with van der Waals surface area (Å²) in [6.45, 7) is 12.0. The van der Waals surface area contributed by atoms with E-state index in [9.17, 15) is 0 Å². The number of hydrogen-bond donors (Lipinski definition) is 1. The van der Waals surface area contributed by atoms with Crippen LogP contribution in [0.25, 0.3) is 0 Å². The van der Waals surface area contributed by atoms with Crippen molar-refractivity contribution in [2.75, 3.05) is 20.1 Å². The molecular formula is C15H27N3. The van der Waals surface area contributed by atoms with Crippen molar-refractivity contribution in [3.63, 3.8) is 0 Å². The molecule has 1 aromatic heterocycles. The molecule has 1 aromatic rings. The predicted molar refractivity (Wildman–Crippen MR) is 77.5 cm³/mol. The van der Waals surface area contributed by atoms with Gasteiger partial charge in [-0.1, -0.05) is 13.0 Å². The van der Waals surface area contributed by atoms with Gasteiger partial charge in [-0.25, -0.2) is 0 Å². The van der Waals surface area contributed by atoms with Gasteiger partial charge in [0.1, 0.15) is 0 Å². The second-order valence-corrected chi connectivity index (χ2v) is 6.25. The summed E-state index contributed by atoms with van der Waals surface area (Å²) >= 11 is 0. The zero-order valence-electron chi connectivity index (χ0n) is 12.4. The molecule has 0 radical (unpaired) electrons. The largest absolute Gasteiger partial charge is 0.312 e. The van der Waals surface area contributed by atoms with Crippen LogP contribution in [0.1, 0.15) is 33.4 Å². The molecule has 1 unspecified atom stereocenters. The van der Waals surface area contributed by atoms with E-state index in [0.717, 1.165) is 25.3 Å². The maximum absolute atomic E-state index is 4.35. The van der Waals surface area contributed by atoms with Gasteiger partial charge < -0.3 is 10.2 Å². The summed E-state index contributed by atoms with van der Waals surface area (Å²) in [5.74, 6) is 0.637.